The molecule has 0 N–H and O–H groups in total. The molecule has 0 saturated heterocycles. The molecular weight excluding hydrogens is 637 g/mol. The SMILES string of the molecule is C#CCOCCOCCN(CCOCCOCCN1Cc2ccccc2-c2c(nnn2C)-c2ccccc21)CCc1ccc(N=C=S)cc1. The van der Waals surface area contributed by atoms with Crippen molar-refractivity contribution in [3.05, 3.63) is 83.9 Å². The van der Waals surface area contributed by atoms with Crippen LogP contribution in [0, 0.1) is 12.3 Å². The topological polar surface area (TPSA) is 86.5 Å². The molecule has 3 aromatic carbocycles. The van der Waals surface area contributed by atoms with Crippen LogP contribution >= 0.6 is 12.2 Å². The van der Waals surface area contributed by atoms with Crippen molar-refractivity contribution in [3.63, 3.8) is 0 Å². The lowest BCUT2D eigenvalue weighted by atomic mass is 9.96. The molecule has 0 aliphatic carbocycles. The van der Waals surface area contributed by atoms with Gasteiger partial charge in [-0.25, -0.2) is 4.68 Å². The van der Waals surface area contributed by atoms with Crippen LogP contribution in [0.15, 0.2) is 77.8 Å². The number of nitrogens with zero attached hydrogens (tertiary/aromatic N) is 6. The monoisotopic (exact) mass is 680 g/mol. The Kier molecular flexibility index (Phi) is 14.5. The Labute approximate surface area is 294 Å². The number of anilines is 1. The van der Waals surface area contributed by atoms with Crippen LogP contribution < -0.4 is 4.90 Å². The summed E-state index contributed by atoms with van der Waals surface area (Å²) in [5.74, 6) is 2.46. The number of aliphatic imine (C=N–C) groups is 1. The maximum absolute atomic E-state index is 6.07. The molecule has 0 unspecified atom stereocenters. The van der Waals surface area contributed by atoms with Gasteiger partial charge in [-0.2, -0.15) is 4.99 Å². The van der Waals surface area contributed by atoms with Crippen molar-refractivity contribution in [1.82, 2.24) is 19.9 Å². The van der Waals surface area contributed by atoms with E-state index in [1.165, 1.54) is 11.1 Å². The molecule has 1 aromatic heterocycles. The number of rotatable bonds is 20. The Morgan fingerprint density at radius 3 is 2.22 bits per heavy atom. The zero-order chi connectivity index (χ0) is 34.1. The smallest absolute Gasteiger partial charge is 0.123 e. The van der Waals surface area contributed by atoms with Gasteiger partial charge in [-0.05, 0) is 48.0 Å². The third-order valence-corrected chi connectivity index (χ3v) is 8.42. The van der Waals surface area contributed by atoms with Crippen molar-refractivity contribution in [2.45, 2.75) is 13.0 Å². The van der Waals surface area contributed by atoms with E-state index < -0.39 is 0 Å². The minimum atomic E-state index is 0.302. The minimum absolute atomic E-state index is 0.302. The van der Waals surface area contributed by atoms with Crippen LogP contribution in [0.2, 0.25) is 0 Å². The number of aromatic nitrogens is 3. The molecule has 1 aliphatic rings. The number of ether oxygens (including phenoxy) is 4. The summed E-state index contributed by atoms with van der Waals surface area (Å²) in [5, 5.41) is 11.3. The first-order valence-electron chi connectivity index (χ1n) is 16.6. The fourth-order valence-corrected chi connectivity index (χ4v) is 5.92. The number of hydrogen-bond donors (Lipinski definition) is 0. The van der Waals surface area contributed by atoms with Gasteiger partial charge in [0.2, 0.25) is 0 Å². The first-order chi connectivity index (χ1) is 24.2. The van der Waals surface area contributed by atoms with Crippen LogP contribution in [-0.4, -0.2) is 104 Å². The van der Waals surface area contributed by atoms with Gasteiger partial charge in [-0.15, -0.1) is 11.5 Å². The molecule has 1 aliphatic heterocycles. The third kappa shape index (κ3) is 10.6. The summed E-state index contributed by atoms with van der Waals surface area (Å²) in [6, 6.07) is 25.0. The summed E-state index contributed by atoms with van der Waals surface area (Å²) in [6.07, 6.45) is 6.13. The van der Waals surface area contributed by atoms with Gasteiger partial charge in [0, 0.05) is 56.6 Å². The molecule has 10 nitrogen and oxygen atoms in total. The summed E-state index contributed by atoms with van der Waals surface area (Å²) in [4.78, 5) is 8.76. The largest absolute Gasteiger partial charge is 0.378 e. The van der Waals surface area contributed by atoms with Crippen molar-refractivity contribution in [2.75, 3.05) is 83.9 Å². The van der Waals surface area contributed by atoms with Gasteiger partial charge in [0.15, 0.2) is 0 Å². The van der Waals surface area contributed by atoms with Crippen LogP contribution in [0.5, 0.6) is 0 Å². The Hall–Kier alpha value is -4.24. The zero-order valence-corrected chi connectivity index (χ0v) is 28.9. The molecule has 0 bridgehead atoms. The second kappa shape index (κ2) is 19.7. The van der Waals surface area contributed by atoms with Crippen LogP contribution in [0.4, 0.5) is 11.4 Å². The second-order valence-corrected chi connectivity index (χ2v) is 11.7. The maximum Gasteiger partial charge on any atom is 0.123 e. The van der Waals surface area contributed by atoms with Gasteiger partial charge in [-0.3, -0.25) is 4.90 Å². The summed E-state index contributed by atoms with van der Waals surface area (Å²) in [6.45, 7) is 8.11. The average Bonchev–Trinajstić information content (AvgIpc) is 3.50. The quantitative estimate of drug-likeness (QED) is 0.0524. The fraction of sp³-hybridized carbons (Fsp3) is 0.395. The molecule has 2 heterocycles. The Balaban J connectivity index is 1.07. The lowest BCUT2D eigenvalue weighted by Gasteiger charge is -2.30. The highest BCUT2D eigenvalue weighted by molar-refractivity contribution is 7.78. The van der Waals surface area contributed by atoms with Crippen LogP contribution in [0.3, 0.4) is 0 Å². The standard InChI is InChI=1S/C38H44N6O4S/c1-3-21-45-25-26-46-22-18-43(17-16-31-12-14-33(15-13-31)39-30-49)19-23-47-27-28-48-24-20-44-29-32-8-4-5-9-34(32)38-37(40-41-42(38)2)35-10-6-7-11-36(35)44/h1,4-15H,16-29H2,2H3. The number of terminal acetylenes is 1. The molecule has 11 heteroatoms. The lowest BCUT2D eigenvalue weighted by molar-refractivity contribution is 0.0283. The Morgan fingerprint density at radius 2 is 1.49 bits per heavy atom. The first kappa shape index (κ1) is 36.1. The number of fused-ring (bicyclic) bond motifs is 5. The highest BCUT2D eigenvalue weighted by Crippen LogP contribution is 2.40. The van der Waals surface area contributed by atoms with E-state index in [2.05, 4.69) is 96.8 Å². The Morgan fingerprint density at radius 1 is 0.816 bits per heavy atom. The zero-order valence-electron chi connectivity index (χ0n) is 28.1. The number of isothiocyanates is 1. The molecule has 49 heavy (non-hydrogen) atoms. The number of aryl methyl sites for hydroxylation is 1. The van der Waals surface area contributed by atoms with E-state index in [0.717, 1.165) is 73.0 Å². The highest BCUT2D eigenvalue weighted by atomic mass is 32.1. The van der Waals surface area contributed by atoms with E-state index in [4.69, 9.17) is 37.6 Å². The van der Waals surface area contributed by atoms with E-state index in [1.54, 1.807) is 0 Å². The molecule has 0 radical (unpaired) electrons. The number of thiocarbonyl (C=S) groups is 1. The number of para-hydroxylation sites is 1. The van der Waals surface area contributed by atoms with E-state index in [0.29, 0.717) is 52.9 Å². The molecule has 0 amide bonds. The van der Waals surface area contributed by atoms with Crippen LogP contribution in [0.25, 0.3) is 22.5 Å². The molecule has 5 rings (SSSR count). The number of hydrogen-bond acceptors (Lipinski definition) is 10. The number of benzene rings is 3. The minimum Gasteiger partial charge on any atom is -0.378 e. The summed E-state index contributed by atoms with van der Waals surface area (Å²) in [7, 11) is 1.95. The van der Waals surface area contributed by atoms with Crippen molar-refractivity contribution in [1.29, 1.82) is 0 Å². The van der Waals surface area contributed by atoms with Gasteiger partial charge in [-0.1, -0.05) is 65.7 Å². The van der Waals surface area contributed by atoms with Gasteiger partial charge in [0.1, 0.15) is 12.3 Å². The molecular formula is C38H44N6O4S. The summed E-state index contributed by atoms with van der Waals surface area (Å²) in [5.41, 5.74) is 8.57. The van der Waals surface area contributed by atoms with E-state index in [9.17, 15) is 0 Å². The van der Waals surface area contributed by atoms with E-state index >= 15 is 0 Å². The average molecular weight is 681 g/mol. The lowest BCUT2D eigenvalue weighted by Crippen LogP contribution is -2.33. The van der Waals surface area contributed by atoms with Gasteiger partial charge >= 0.3 is 0 Å². The predicted octanol–water partition coefficient (Wildman–Crippen LogP) is 5.45. The molecule has 0 fully saturated rings. The van der Waals surface area contributed by atoms with Crippen molar-refractivity contribution >= 4 is 28.8 Å². The highest BCUT2D eigenvalue weighted by Gasteiger charge is 2.25. The van der Waals surface area contributed by atoms with Crippen LogP contribution in [0.1, 0.15) is 11.1 Å². The van der Waals surface area contributed by atoms with Crippen LogP contribution in [-0.2, 0) is 39.0 Å². The van der Waals surface area contributed by atoms with Crippen molar-refractivity contribution in [2.24, 2.45) is 12.0 Å². The molecule has 256 valence electrons. The Bertz CT molecular complexity index is 1700. The predicted molar refractivity (Wildman–Crippen MR) is 196 cm³/mol. The maximum atomic E-state index is 6.07. The summed E-state index contributed by atoms with van der Waals surface area (Å²) >= 11 is 4.71. The first-order valence-corrected chi connectivity index (χ1v) is 17.0. The van der Waals surface area contributed by atoms with Gasteiger partial charge in [0.05, 0.1) is 62.8 Å². The molecule has 4 aromatic rings. The van der Waals surface area contributed by atoms with Crippen molar-refractivity contribution < 1.29 is 18.9 Å². The summed E-state index contributed by atoms with van der Waals surface area (Å²) < 4.78 is 25.0. The second-order valence-electron chi connectivity index (χ2n) is 11.6. The third-order valence-electron chi connectivity index (χ3n) is 8.33. The van der Waals surface area contributed by atoms with Gasteiger partial charge < -0.3 is 23.8 Å². The molecule has 0 spiro atoms. The molecule has 0 atom stereocenters. The van der Waals surface area contributed by atoms with E-state index in [1.807, 2.05) is 23.9 Å². The fourth-order valence-electron chi connectivity index (χ4n) is 5.82. The van der Waals surface area contributed by atoms with Gasteiger partial charge in [0.25, 0.3) is 0 Å². The molecule has 0 saturated carbocycles. The van der Waals surface area contributed by atoms with E-state index in [-0.39, 0.29) is 0 Å². The van der Waals surface area contributed by atoms with Crippen molar-refractivity contribution in [3.8, 4) is 34.9 Å². The normalized spacial score (nSPS) is 12.0.